The Morgan fingerprint density at radius 1 is 1.08 bits per heavy atom. The largest absolute Gasteiger partial charge is 0.497 e. The Bertz CT molecular complexity index is 910. The fraction of sp³-hybridized carbons (Fsp3) is 0.143. The third-order valence-electron chi connectivity index (χ3n) is 3.97. The van der Waals surface area contributed by atoms with Crippen LogP contribution in [-0.4, -0.2) is 41.8 Å². The lowest BCUT2D eigenvalue weighted by Gasteiger charge is -2.05. The summed E-state index contributed by atoms with van der Waals surface area (Å²) in [5, 5.41) is 4.73. The first-order valence-corrected chi connectivity index (χ1v) is 8.27. The van der Waals surface area contributed by atoms with Gasteiger partial charge in [0.25, 0.3) is 0 Å². The highest BCUT2D eigenvalue weighted by Gasteiger charge is 2.11. The van der Waals surface area contributed by atoms with Crippen molar-refractivity contribution >= 4 is 12.0 Å². The van der Waals surface area contributed by atoms with Gasteiger partial charge in [-0.1, -0.05) is 18.2 Å². The van der Waals surface area contributed by atoms with Gasteiger partial charge in [-0.2, -0.15) is 5.10 Å². The molecule has 2 aromatic carbocycles. The van der Waals surface area contributed by atoms with E-state index in [0.29, 0.717) is 0 Å². The van der Waals surface area contributed by atoms with E-state index in [0.717, 1.165) is 28.3 Å². The van der Waals surface area contributed by atoms with Crippen LogP contribution in [0.1, 0.15) is 5.56 Å². The summed E-state index contributed by atoms with van der Waals surface area (Å²) in [5.74, 6) is 0.717. The molecule has 1 amide bonds. The van der Waals surface area contributed by atoms with E-state index >= 15 is 0 Å². The summed E-state index contributed by atoms with van der Waals surface area (Å²) >= 11 is 0. The number of likely N-dealkylation sites (N-methyl/N-ethyl adjacent to an activating group) is 1. The molecule has 3 aromatic rings. The van der Waals surface area contributed by atoms with Crippen molar-refractivity contribution in [2.24, 2.45) is 0 Å². The van der Waals surface area contributed by atoms with Gasteiger partial charge < -0.3 is 9.64 Å². The van der Waals surface area contributed by atoms with Gasteiger partial charge in [0.2, 0.25) is 5.91 Å². The number of hydrogen-bond donors (Lipinski definition) is 0. The third kappa shape index (κ3) is 3.83. The Balaban J connectivity index is 2.05. The first kappa shape index (κ1) is 17.5. The molecule has 0 bridgehead atoms. The molecule has 3 rings (SSSR count). The zero-order chi connectivity index (χ0) is 18.5. The Hall–Kier alpha value is -3.34. The van der Waals surface area contributed by atoms with Gasteiger partial charge in [0.1, 0.15) is 5.75 Å². The summed E-state index contributed by atoms with van der Waals surface area (Å²) in [6.07, 6.45) is 5.28. The van der Waals surface area contributed by atoms with Crippen LogP contribution in [0, 0.1) is 0 Å². The van der Waals surface area contributed by atoms with Crippen molar-refractivity contribution in [3.63, 3.8) is 0 Å². The number of carbonyl (C=O) groups excluding carboxylic acids is 1. The lowest BCUT2D eigenvalue weighted by Crippen LogP contribution is -2.18. The van der Waals surface area contributed by atoms with Crippen LogP contribution in [0.2, 0.25) is 0 Å². The minimum absolute atomic E-state index is 0.0712. The zero-order valence-corrected chi connectivity index (χ0v) is 15.1. The van der Waals surface area contributed by atoms with Crippen LogP contribution in [-0.2, 0) is 4.79 Å². The predicted molar refractivity (Wildman–Crippen MR) is 103 cm³/mol. The lowest BCUT2D eigenvalue weighted by atomic mass is 10.1. The molecule has 0 unspecified atom stereocenters. The van der Waals surface area contributed by atoms with Crippen LogP contribution < -0.4 is 4.74 Å². The van der Waals surface area contributed by atoms with Crippen LogP contribution >= 0.6 is 0 Å². The molecule has 5 heteroatoms. The van der Waals surface area contributed by atoms with Gasteiger partial charge >= 0.3 is 0 Å². The molecule has 0 radical (unpaired) electrons. The zero-order valence-electron chi connectivity index (χ0n) is 15.1. The number of ether oxygens (including phenoxy) is 1. The molecular formula is C21H21N3O2. The summed E-state index contributed by atoms with van der Waals surface area (Å²) in [5.41, 5.74) is 3.59. The molecule has 0 aliphatic heterocycles. The van der Waals surface area contributed by atoms with E-state index in [1.165, 1.54) is 4.90 Å². The van der Waals surface area contributed by atoms with E-state index in [-0.39, 0.29) is 5.91 Å². The first-order chi connectivity index (χ1) is 12.6. The fourth-order valence-corrected chi connectivity index (χ4v) is 2.51. The van der Waals surface area contributed by atoms with Crippen molar-refractivity contribution in [3.8, 4) is 22.7 Å². The highest BCUT2D eigenvalue weighted by atomic mass is 16.5. The molecular weight excluding hydrogens is 326 g/mol. The van der Waals surface area contributed by atoms with Gasteiger partial charge in [-0.15, -0.1) is 0 Å². The smallest absolute Gasteiger partial charge is 0.246 e. The number of benzene rings is 2. The molecule has 132 valence electrons. The Kier molecular flexibility index (Phi) is 5.17. The molecule has 0 aliphatic rings. The van der Waals surface area contributed by atoms with Crippen LogP contribution in [0.4, 0.5) is 0 Å². The molecule has 1 heterocycles. The Morgan fingerprint density at radius 2 is 1.77 bits per heavy atom. The minimum Gasteiger partial charge on any atom is -0.497 e. The minimum atomic E-state index is -0.0712. The standard InChI is InChI=1S/C21H21N3O2/c1-23(2)20(25)14-11-17-15-24(18-7-5-4-6-8-18)22-21(17)16-9-12-19(26-3)13-10-16/h4-15H,1-3H3/b14-11+. The number of aromatic nitrogens is 2. The van der Waals surface area contributed by atoms with E-state index < -0.39 is 0 Å². The van der Waals surface area contributed by atoms with Crippen LogP contribution in [0.15, 0.2) is 66.9 Å². The van der Waals surface area contributed by atoms with Gasteiger partial charge in [-0.3, -0.25) is 4.79 Å². The van der Waals surface area contributed by atoms with Crippen molar-refractivity contribution in [2.45, 2.75) is 0 Å². The van der Waals surface area contributed by atoms with Gasteiger partial charge in [0.15, 0.2) is 0 Å². The first-order valence-electron chi connectivity index (χ1n) is 8.27. The molecule has 0 spiro atoms. The second kappa shape index (κ2) is 7.70. The molecule has 1 aromatic heterocycles. The molecule has 0 saturated carbocycles. The van der Waals surface area contributed by atoms with E-state index in [1.807, 2.05) is 65.5 Å². The molecule has 5 nitrogen and oxygen atoms in total. The normalized spacial score (nSPS) is 10.9. The van der Waals surface area contributed by atoms with Gasteiger partial charge in [-0.05, 0) is 42.5 Å². The van der Waals surface area contributed by atoms with Crippen molar-refractivity contribution in [1.82, 2.24) is 14.7 Å². The third-order valence-corrected chi connectivity index (χ3v) is 3.97. The number of para-hydroxylation sites is 1. The van der Waals surface area contributed by atoms with E-state index in [9.17, 15) is 4.79 Å². The van der Waals surface area contributed by atoms with Crippen molar-refractivity contribution in [3.05, 3.63) is 72.4 Å². The molecule has 0 fully saturated rings. The summed E-state index contributed by atoms with van der Waals surface area (Å²) in [6.45, 7) is 0. The SMILES string of the molecule is COc1ccc(-c2nn(-c3ccccc3)cc2/C=C/C(=O)N(C)C)cc1. The average molecular weight is 347 g/mol. The number of amides is 1. The Labute approximate surface area is 153 Å². The lowest BCUT2D eigenvalue weighted by molar-refractivity contribution is -0.123. The molecule has 0 saturated heterocycles. The van der Waals surface area contributed by atoms with E-state index in [1.54, 1.807) is 33.4 Å². The number of methoxy groups -OCH3 is 1. The second-order valence-electron chi connectivity index (χ2n) is 6.01. The van der Waals surface area contributed by atoms with Crippen molar-refractivity contribution in [2.75, 3.05) is 21.2 Å². The monoisotopic (exact) mass is 347 g/mol. The number of nitrogens with zero attached hydrogens (tertiary/aromatic N) is 3. The maximum Gasteiger partial charge on any atom is 0.246 e. The summed E-state index contributed by atoms with van der Waals surface area (Å²) in [7, 11) is 5.09. The van der Waals surface area contributed by atoms with Crippen LogP contribution in [0.25, 0.3) is 23.0 Å². The maximum atomic E-state index is 11.9. The quantitative estimate of drug-likeness (QED) is 0.662. The fourth-order valence-electron chi connectivity index (χ4n) is 2.51. The number of rotatable bonds is 5. The van der Waals surface area contributed by atoms with Gasteiger partial charge in [0, 0.05) is 37.5 Å². The summed E-state index contributed by atoms with van der Waals surface area (Å²) in [6, 6.07) is 17.6. The predicted octanol–water partition coefficient (Wildman–Crippen LogP) is 3.65. The van der Waals surface area contributed by atoms with Crippen molar-refractivity contribution in [1.29, 1.82) is 0 Å². The Morgan fingerprint density at radius 3 is 2.38 bits per heavy atom. The van der Waals surface area contributed by atoms with E-state index in [4.69, 9.17) is 9.84 Å². The van der Waals surface area contributed by atoms with Gasteiger partial charge in [-0.25, -0.2) is 4.68 Å². The number of hydrogen-bond acceptors (Lipinski definition) is 3. The molecule has 0 aliphatic carbocycles. The molecule has 0 N–H and O–H groups in total. The number of carbonyl (C=O) groups is 1. The molecule has 0 atom stereocenters. The van der Waals surface area contributed by atoms with Crippen molar-refractivity contribution < 1.29 is 9.53 Å². The topological polar surface area (TPSA) is 47.4 Å². The van der Waals surface area contributed by atoms with Crippen LogP contribution in [0.3, 0.4) is 0 Å². The maximum absolute atomic E-state index is 11.9. The molecule has 26 heavy (non-hydrogen) atoms. The van der Waals surface area contributed by atoms with Crippen LogP contribution in [0.5, 0.6) is 5.75 Å². The summed E-state index contributed by atoms with van der Waals surface area (Å²) in [4.78, 5) is 13.5. The second-order valence-corrected chi connectivity index (χ2v) is 6.01. The van der Waals surface area contributed by atoms with E-state index in [2.05, 4.69) is 0 Å². The average Bonchev–Trinajstić information content (AvgIpc) is 3.11. The highest BCUT2D eigenvalue weighted by Crippen LogP contribution is 2.26. The summed E-state index contributed by atoms with van der Waals surface area (Å²) < 4.78 is 7.04. The highest BCUT2D eigenvalue weighted by molar-refractivity contribution is 5.92. The van der Waals surface area contributed by atoms with Gasteiger partial charge in [0.05, 0.1) is 18.5 Å².